The van der Waals surface area contributed by atoms with Crippen molar-refractivity contribution in [2.75, 3.05) is 0 Å². The first-order valence-electron chi connectivity index (χ1n) is 5.86. The maximum absolute atomic E-state index is 13.9. The van der Waals surface area contributed by atoms with Gasteiger partial charge in [0, 0.05) is 23.3 Å². The number of hydrogen-bond donors (Lipinski definition) is 2. The first-order chi connectivity index (χ1) is 10.3. The second-order valence-electron chi connectivity index (χ2n) is 4.29. The molecule has 112 valence electrons. The van der Waals surface area contributed by atoms with Crippen LogP contribution < -0.4 is 0 Å². The van der Waals surface area contributed by atoms with E-state index in [2.05, 4.69) is 0 Å². The molecule has 0 aliphatic rings. The Hall–Kier alpha value is -3.29. The standard InChI is InChI=1S/C14H8FNO6/c15-12-4-1-7(13(17)18)5-11(12)10-6-8(16(21)22)2-3-9(10)14(19)20/h1-6H,(H,17,18)(H,19,20). The molecule has 2 aromatic rings. The summed E-state index contributed by atoms with van der Waals surface area (Å²) in [4.78, 5) is 32.2. The molecular formula is C14H8FNO6. The largest absolute Gasteiger partial charge is 0.478 e. The molecule has 7 nitrogen and oxygen atoms in total. The van der Waals surface area contributed by atoms with E-state index in [-0.39, 0.29) is 22.3 Å². The van der Waals surface area contributed by atoms with Crippen molar-refractivity contribution in [1.29, 1.82) is 0 Å². The zero-order valence-electron chi connectivity index (χ0n) is 10.8. The molecule has 8 heteroatoms. The molecule has 0 saturated carbocycles. The lowest BCUT2D eigenvalue weighted by molar-refractivity contribution is -0.384. The van der Waals surface area contributed by atoms with Gasteiger partial charge in [-0.1, -0.05) is 0 Å². The van der Waals surface area contributed by atoms with E-state index in [1.807, 2.05) is 0 Å². The van der Waals surface area contributed by atoms with Gasteiger partial charge in [-0.05, 0) is 24.3 Å². The average molecular weight is 305 g/mol. The highest BCUT2D eigenvalue weighted by Gasteiger charge is 2.20. The predicted molar refractivity (Wildman–Crippen MR) is 72.4 cm³/mol. The topological polar surface area (TPSA) is 118 Å². The number of non-ortho nitro benzene ring substituents is 1. The Morgan fingerprint density at radius 2 is 1.68 bits per heavy atom. The van der Waals surface area contributed by atoms with Gasteiger partial charge in [-0.15, -0.1) is 0 Å². The molecule has 0 aromatic heterocycles. The third kappa shape index (κ3) is 2.75. The van der Waals surface area contributed by atoms with Crippen molar-refractivity contribution in [3.63, 3.8) is 0 Å². The van der Waals surface area contributed by atoms with Crippen LogP contribution in [0.15, 0.2) is 36.4 Å². The summed E-state index contributed by atoms with van der Waals surface area (Å²) < 4.78 is 13.9. The second kappa shape index (κ2) is 5.60. The number of hydrogen-bond acceptors (Lipinski definition) is 4. The summed E-state index contributed by atoms with van der Waals surface area (Å²) in [7, 11) is 0. The number of carboxylic acids is 2. The summed E-state index contributed by atoms with van der Waals surface area (Å²) in [5.74, 6) is -3.62. The van der Waals surface area contributed by atoms with Gasteiger partial charge in [-0.3, -0.25) is 10.1 Å². The van der Waals surface area contributed by atoms with Crippen LogP contribution in [0.3, 0.4) is 0 Å². The highest BCUT2D eigenvalue weighted by atomic mass is 19.1. The van der Waals surface area contributed by atoms with Crippen LogP contribution >= 0.6 is 0 Å². The minimum atomic E-state index is -1.41. The number of benzene rings is 2. The number of carbonyl (C=O) groups is 2. The molecule has 2 rings (SSSR count). The molecule has 0 saturated heterocycles. The van der Waals surface area contributed by atoms with Crippen molar-refractivity contribution in [2.24, 2.45) is 0 Å². The van der Waals surface area contributed by atoms with E-state index in [4.69, 9.17) is 10.2 Å². The molecule has 0 heterocycles. The van der Waals surface area contributed by atoms with Crippen LogP contribution in [0.25, 0.3) is 11.1 Å². The summed E-state index contributed by atoms with van der Waals surface area (Å²) in [5.41, 5.74) is -1.66. The summed E-state index contributed by atoms with van der Waals surface area (Å²) in [6.07, 6.45) is 0. The van der Waals surface area contributed by atoms with Crippen molar-refractivity contribution in [2.45, 2.75) is 0 Å². The lowest BCUT2D eigenvalue weighted by atomic mass is 9.97. The Labute approximate surface area is 122 Å². The third-order valence-electron chi connectivity index (χ3n) is 2.95. The molecular weight excluding hydrogens is 297 g/mol. The average Bonchev–Trinajstić information content (AvgIpc) is 2.46. The molecule has 0 bridgehead atoms. The SMILES string of the molecule is O=C(O)c1ccc(F)c(-c2cc([N+](=O)[O-])ccc2C(=O)O)c1. The third-order valence-corrected chi connectivity index (χ3v) is 2.95. The zero-order chi connectivity index (χ0) is 16.4. The molecule has 0 atom stereocenters. The van der Waals surface area contributed by atoms with Crippen molar-refractivity contribution >= 4 is 17.6 Å². The molecule has 2 aromatic carbocycles. The second-order valence-corrected chi connectivity index (χ2v) is 4.29. The molecule has 0 amide bonds. The molecule has 0 aliphatic heterocycles. The van der Waals surface area contributed by atoms with Crippen molar-refractivity contribution in [3.8, 4) is 11.1 Å². The number of nitro groups is 1. The number of rotatable bonds is 4. The van der Waals surface area contributed by atoms with Crippen LogP contribution in [0.5, 0.6) is 0 Å². The maximum atomic E-state index is 13.9. The zero-order valence-corrected chi connectivity index (χ0v) is 10.8. The molecule has 0 radical (unpaired) electrons. The Balaban J connectivity index is 2.76. The van der Waals surface area contributed by atoms with Crippen LogP contribution in [0.2, 0.25) is 0 Å². The van der Waals surface area contributed by atoms with Crippen molar-refractivity contribution < 1.29 is 29.1 Å². The van der Waals surface area contributed by atoms with Gasteiger partial charge >= 0.3 is 11.9 Å². The summed E-state index contributed by atoms with van der Waals surface area (Å²) in [5, 5.41) is 28.8. The van der Waals surface area contributed by atoms with Gasteiger partial charge in [0.15, 0.2) is 0 Å². The number of nitro benzene ring substituents is 1. The Kier molecular flexibility index (Phi) is 3.85. The van der Waals surface area contributed by atoms with Crippen molar-refractivity contribution in [1.82, 2.24) is 0 Å². The summed E-state index contributed by atoms with van der Waals surface area (Å²) in [6, 6.07) is 5.66. The van der Waals surface area contributed by atoms with Crippen molar-refractivity contribution in [3.05, 3.63) is 63.5 Å². The number of carboxylic acid groups (broad SMARTS) is 2. The first-order valence-corrected chi connectivity index (χ1v) is 5.86. The molecule has 0 fully saturated rings. The molecule has 0 unspecified atom stereocenters. The van der Waals surface area contributed by atoms with Crippen LogP contribution in [-0.2, 0) is 0 Å². The summed E-state index contributed by atoms with van der Waals surface area (Å²) >= 11 is 0. The van der Waals surface area contributed by atoms with Gasteiger partial charge < -0.3 is 10.2 Å². The lowest BCUT2D eigenvalue weighted by Crippen LogP contribution is -2.03. The number of halogens is 1. The fourth-order valence-corrected chi connectivity index (χ4v) is 1.92. The van der Waals surface area contributed by atoms with E-state index in [1.165, 1.54) is 0 Å². The summed E-state index contributed by atoms with van der Waals surface area (Å²) in [6.45, 7) is 0. The highest BCUT2D eigenvalue weighted by molar-refractivity contribution is 5.98. The van der Waals surface area contributed by atoms with E-state index in [9.17, 15) is 24.1 Å². The van der Waals surface area contributed by atoms with E-state index >= 15 is 0 Å². The number of nitrogens with zero attached hydrogens (tertiary/aromatic N) is 1. The van der Waals surface area contributed by atoms with E-state index < -0.39 is 28.4 Å². The smallest absolute Gasteiger partial charge is 0.336 e. The van der Waals surface area contributed by atoms with E-state index in [0.717, 1.165) is 36.4 Å². The van der Waals surface area contributed by atoms with Crippen LogP contribution in [0, 0.1) is 15.9 Å². The van der Waals surface area contributed by atoms with Gasteiger partial charge in [0.25, 0.3) is 5.69 Å². The van der Waals surface area contributed by atoms with Crippen LogP contribution in [0.4, 0.5) is 10.1 Å². The fourth-order valence-electron chi connectivity index (χ4n) is 1.92. The van der Waals surface area contributed by atoms with Gasteiger partial charge in [-0.2, -0.15) is 0 Å². The Morgan fingerprint density at radius 1 is 1.00 bits per heavy atom. The Bertz CT molecular complexity index is 802. The Morgan fingerprint density at radius 3 is 2.23 bits per heavy atom. The number of aromatic carboxylic acids is 2. The monoisotopic (exact) mass is 305 g/mol. The highest BCUT2D eigenvalue weighted by Crippen LogP contribution is 2.31. The van der Waals surface area contributed by atoms with Gasteiger partial charge in [0.05, 0.1) is 16.1 Å². The minimum absolute atomic E-state index is 0.262. The molecule has 2 N–H and O–H groups in total. The molecule has 22 heavy (non-hydrogen) atoms. The first kappa shape index (κ1) is 15.1. The molecule has 0 aliphatic carbocycles. The van der Waals surface area contributed by atoms with Crippen LogP contribution in [0.1, 0.15) is 20.7 Å². The molecule has 0 spiro atoms. The van der Waals surface area contributed by atoms with Crippen LogP contribution in [-0.4, -0.2) is 27.1 Å². The van der Waals surface area contributed by atoms with E-state index in [1.54, 1.807) is 0 Å². The predicted octanol–water partition coefficient (Wildman–Crippen LogP) is 2.80. The van der Waals surface area contributed by atoms with Gasteiger partial charge in [0.2, 0.25) is 0 Å². The van der Waals surface area contributed by atoms with E-state index in [0.29, 0.717) is 0 Å². The van der Waals surface area contributed by atoms with Gasteiger partial charge in [-0.25, -0.2) is 14.0 Å². The fraction of sp³-hybridized carbons (Fsp3) is 0. The minimum Gasteiger partial charge on any atom is -0.478 e. The lowest BCUT2D eigenvalue weighted by Gasteiger charge is -2.08. The normalized spacial score (nSPS) is 10.2. The maximum Gasteiger partial charge on any atom is 0.336 e. The van der Waals surface area contributed by atoms with Gasteiger partial charge in [0.1, 0.15) is 5.82 Å². The quantitative estimate of drug-likeness (QED) is 0.662.